The number of rotatable bonds is 5. The van der Waals surface area contributed by atoms with Gasteiger partial charge in [-0.05, 0) is 29.3 Å². The molecule has 1 heterocycles. The molecule has 0 spiro atoms. The van der Waals surface area contributed by atoms with E-state index in [4.69, 9.17) is 4.74 Å². The Kier molecular flexibility index (Phi) is 4.39. The quantitative estimate of drug-likeness (QED) is 0.726. The van der Waals surface area contributed by atoms with E-state index in [9.17, 15) is 5.26 Å². The fourth-order valence-corrected chi connectivity index (χ4v) is 2.53. The zero-order valence-electron chi connectivity index (χ0n) is 12.9. The van der Waals surface area contributed by atoms with E-state index in [1.54, 1.807) is 13.3 Å². The molecule has 0 saturated heterocycles. The maximum absolute atomic E-state index is 9.21. The van der Waals surface area contributed by atoms with Gasteiger partial charge in [-0.15, -0.1) is 0 Å². The summed E-state index contributed by atoms with van der Waals surface area (Å²) in [5.74, 6) is 1.82. The lowest BCUT2D eigenvalue weighted by Crippen LogP contribution is -2.06. The Bertz CT molecular complexity index is 828. The van der Waals surface area contributed by atoms with Crippen molar-refractivity contribution in [2.45, 2.75) is 13.0 Å². The maximum Gasteiger partial charge on any atom is 0.118 e. The molecule has 4 nitrogen and oxygen atoms in total. The van der Waals surface area contributed by atoms with E-state index in [2.05, 4.69) is 15.6 Å². The van der Waals surface area contributed by atoms with Gasteiger partial charge in [-0.3, -0.25) is 0 Å². The molecule has 2 aromatic carbocycles. The summed E-state index contributed by atoms with van der Waals surface area (Å²) in [6.45, 7) is 0.648. The molecule has 0 amide bonds. The van der Waals surface area contributed by atoms with Gasteiger partial charge in [-0.25, -0.2) is 4.98 Å². The number of ether oxygens (including phenoxy) is 1. The van der Waals surface area contributed by atoms with Gasteiger partial charge >= 0.3 is 0 Å². The van der Waals surface area contributed by atoms with Gasteiger partial charge in [0.2, 0.25) is 0 Å². The molecule has 1 aromatic heterocycles. The highest BCUT2D eigenvalue weighted by atomic mass is 16.5. The Morgan fingerprint density at radius 2 is 1.91 bits per heavy atom. The Hall–Kier alpha value is -3.06. The maximum atomic E-state index is 9.21. The predicted molar refractivity (Wildman–Crippen MR) is 88.3 cm³/mol. The molecule has 0 atom stereocenters. The Balaban J connectivity index is 1.80. The zero-order valence-corrected chi connectivity index (χ0v) is 12.9. The van der Waals surface area contributed by atoms with Crippen LogP contribution in [0.15, 0.2) is 60.9 Å². The summed E-state index contributed by atoms with van der Waals surface area (Å²) in [4.78, 5) is 4.45. The molecule has 114 valence electrons. The number of nitriles is 1. The normalized spacial score (nSPS) is 10.3. The minimum Gasteiger partial charge on any atom is -0.497 e. The van der Waals surface area contributed by atoms with Gasteiger partial charge in [-0.1, -0.05) is 30.3 Å². The lowest BCUT2D eigenvalue weighted by atomic mass is 10.1. The van der Waals surface area contributed by atoms with Gasteiger partial charge < -0.3 is 9.30 Å². The van der Waals surface area contributed by atoms with Crippen LogP contribution < -0.4 is 4.74 Å². The topological polar surface area (TPSA) is 50.8 Å². The van der Waals surface area contributed by atoms with Crippen molar-refractivity contribution in [2.75, 3.05) is 7.11 Å². The molecule has 3 rings (SSSR count). The van der Waals surface area contributed by atoms with E-state index in [1.807, 2.05) is 54.7 Å². The molecule has 0 bridgehead atoms. The third-order valence-electron chi connectivity index (χ3n) is 3.80. The van der Waals surface area contributed by atoms with Gasteiger partial charge in [0.15, 0.2) is 0 Å². The van der Waals surface area contributed by atoms with Gasteiger partial charge in [-0.2, -0.15) is 5.26 Å². The van der Waals surface area contributed by atoms with Crippen molar-refractivity contribution in [3.63, 3.8) is 0 Å². The highest BCUT2D eigenvalue weighted by Gasteiger charge is 2.07. The average molecular weight is 303 g/mol. The fraction of sp³-hybridized carbons (Fsp3) is 0.158. The van der Waals surface area contributed by atoms with E-state index in [1.165, 1.54) is 5.56 Å². The third kappa shape index (κ3) is 3.41. The molecule has 3 aromatic rings. The molecule has 0 N–H and O–H groups in total. The molecule has 23 heavy (non-hydrogen) atoms. The summed E-state index contributed by atoms with van der Waals surface area (Å²) in [6, 6.07) is 17.9. The average Bonchev–Trinajstić information content (AvgIpc) is 3.03. The van der Waals surface area contributed by atoms with Gasteiger partial charge in [0.1, 0.15) is 11.6 Å². The Morgan fingerprint density at radius 3 is 2.65 bits per heavy atom. The van der Waals surface area contributed by atoms with E-state index in [0.717, 1.165) is 23.6 Å². The molecule has 0 fully saturated rings. The van der Waals surface area contributed by atoms with Crippen LogP contribution in [-0.2, 0) is 13.0 Å². The van der Waals surface area contributed by atoms with Crippen LogP contribution in [0, 0.1) is 11.3 Å². The number of nitrogens with zero attached hydrogens (tertiary/aromatic N) is 3. The molecule has 0 aliphatic rings. The Labute approximate surface area is 135 Å². The predicted octanol–water partition coefficient (Wildman–Crippen LogP) is 3.40. The minimum absolute atomic E-state index is 0.648. The van der Waals surface area contributed by atoms with Gasteiger partial charge in [0, 0.05) is 18.8 Å². The summed E-state index contributed by atoms with van der Waals surface area (Å²) in [5.41, 5.74) is 2.88. The smallest absolute Gasteiger partial charge is 0.118 e. The lowest BCUT2D eigenvalue weighted by molar-refractivity contribution is 0.414. The van der Waals surface area contributed by atoms with Crippen molar-refractivity contribution in [2.24, 2.45) is 0 Å². The fourth-order valence-electron chi connectivity index (χ4n) is 2.53. The number of imidazole rings is 1. The molecule has 0 saturated carbocycles. The van der Waals surface area contributed by atoms with Crippen LogP contribution in [0.25, 0.3) is 0 Å². The number of benzene rings is 2. The third-order valence-corrected chi connectivity index (χ3v) is 3.80. The van der Waals surface area contributed by atoms with Crippen LogP contribution in [0.2, 0.25) is 0 Å². The molecule has 4 heteroatoms. The van der Waals surface area contributed by atoms with Crippen LogP contribution in [0.1, 0.15) is 22.5 Å². The van der Waals surface area contributed by atoms with Crippen molar-refractivity contribution in [3.8, 4) is 11.8 Å². The van der Waals surface area contributed by atoms with Crippen LogP contribution in [0.5, 0.6) is 5.75 Å². The van der Waals surface area contributed by atoms with Crippen molar-refractivity contribution in [3.05, 3.63) is 83.4 Å². The highest BCUT2D eigenvalue weighted by Crippen LogP contribution is 2.16. The molecule has 0 aliphatic carbocycles. The minimum atomic E-state index is 0.648. The first kappa shape index (κ1) is 14.9. The monoisotopic (exact) mass is 303 g/mol. The summed E-state index contributed by atoms with van der Waals surface area (Å²) < 4.78 is 7.26. The number of hydrogen-bond donors (Lipinski definition) is 0. The second-order valence-corrected chi connectivity index (χ2v) is 5.27. The first-order valence-electron chi connectivity index (χ1n) is 7.41. The van der Waals surface area contributed by atoms with Crippen LogP contribution >= 0.6 is 0 Å². The highest BCUT2D eigenvalue weighted by molar-refractivity contribution is 5.37. The molecule has 0 unspecified atom stereocenters. The van der Waals surface area contributed by atoms with E-state index >= 15 is 0 Å². The SMILES string of the molecule is COc1ccc(Cc2nccn2Cc2ccccc2C#N)cc1. The summed E-state index contributed by atoms with van der Waals surface area (Å²) in [6.07, 6.45) is 4.49. The van der Waals surface area contributed by atoms with Crippen LogP contribution in [0.4, 0.5) is 0 Å². The summed E-state index contributed by atoms with van der Waals surface area (Å²) in [7, 11) is 1.66. The first-order valence-corrected chi connectivity index (χ1v) is 7.41. The largest absolute Gasteiger partial charge is 0.497 e. The molecular weight excluding hydrogens is 286 g/mol. The lowest BCUT2D eigenvalue weighted by Gasteiger charge is -2.10. The van der Waals surface area contributed by atoms with Crippen molar-refractivity contribution >= 4 is 0 Å². The molecular formula is C19H17N3O. The van der Waals surface area contributed by atoms with E-state index in [0.29, 0.717) is 12.1 Å². The first-order chi connectivity index (χ1) is 11.3. The number of hydrogen-bond acceptors (Lipinski definition) is 3. The number of aromatic nitrogens is 2. The van der Waals surface area contributed by atoms with Crippen molar-refractivity contribution in [1.82, 2.24) is 9.55 Å². The van der Waals surface area contributed by atoms with Crippen LogP contribution in [0.3, 0.4) is 0 Å². The van der Waals surface area contributed by atoms with Crippen molar-refractivity contribution < 1.29 is 4.74 Å². The molecule has 0 radical (unpaired) electrons. The summed E-state index contributed by atoms with van der Waals surface area (Å²) >= 11 is 0. The Morgan fingerprint density at radius 1 is 1.13 bits per heavy atom. The van der Waals surface area contributed by atoms with Gasteiger partial charge in [0.25, 0.3) is 0 Å². The zero-order chi connectivity index (χ0) is 16.1. The number of methoxy groups -OCH3 is 1. The second kappa shape index (κ2) is 6.80. The van der Waals surface area contributed by atoms with Gasteiger partial charge in [0.05, 0.1) is 25.3 Å². The van der Waals surface area contributed by atoms with E-state index < -0.39 is 0 Å². The summed E-state index contributed by atoms with van der Waals surface area (Å²) in [5, 5.41) is 9.21. The van der Waals surface area contributed by atoms with E-state index in [-0.39, 0.29) is 0 Å². The van der Waals surface area contributed by atoms with Crippen LogP contribution in [-0.4, -0.2) is 16.7 Å². The van der Waals surface area contributed by atoms with Crippen molar-refractivity contribution in [1.29, 1.82) is 5.26 Å². The second-order valence-electron chi connectivity index (χ2n) is 5.27. The molecule has 0 aliphatic heterocycles. The standard InChI is InChI=1S/C19H17N3O/c1-23-18-8-6-15(7-9-18)12-19-21-10-11-22(19)14-17-5-3-2-4-16(17)13-20/h2-11H,12,14H2,1H3.